The SMILES string of the molecule is CCN(CC)C(=O)NC1(C(=N)N)CCCCCCC1. The zero-order chi connectivity index (χ0) is 14.3. The largest absolute Gasteiger partial charge is 0.386 e. The first-order chi connectivity index (χ1) is 9.05. The van der Waals surface area contributed by atoms with E-state index in [4.69, 9.17) is 11.1 Å². The molecule has 110 valence electrons. The minimum Gasteiger partial charge on any atom is -0.386 e. The summed E-state index contributed by atoms with van der Waals surface area (Å²) in [6.45, 7) is 5.27. The zero-order valence-corrected chi connectivity index (χ0v) is 12.3. The van der Waals surface area contributed by atoms with Crippen molar-refractivity contribution in [3.63, 3.8) is 0 Å². The highest BCUT2D eigenvalue weighted by molar-refractivity contribution is 5.91. The highest BCUT2D eigenvalue weighted by atomic mass is 16.2. The van der Waals surface area contributed by atoms with Crippen LogP contribution in [0.5, 0.6) is 0 Å². The number of nitrogens with two attached hydrogens (primary N) is 1. The van der Waals surface area contributed by atoms with Crippen LogP contribution in [0.2, 0.25) is 0 Å². The number of rotatable bonds is 4. The number of carbonyl (C=O) groups is 1. The lowest BCUT2D eigenvalue weighted by Gasteiger charge is -2.37. The van der Waals surface area contributed by atoms with E-state index < -0.39 is 5.54 Å². The number of nitrogens with one attached hydrogen (secondary N) is 2. The van der Waals surface area contributed by atoms with Crippen molar-refractivity contribution in [2.24, 2.45) is 5.73 Å². The molecular weight excluding hydrogens is 240 g/mol. The third-order valence-electron chi connectivity index (χ3n) is 4.12. The van der Waals surface area contributed by atoms with Crippen LogP contribution in [0.25, 0.3) is 0 Å². The van der Waals surface area contributed by atoms with Gasteiger partial charge in [0.05, 0.1) is 5.54 Å². The van der Waals surface area contributed by atoms with E-state index >= 15 is 0 Å². The quantitative estimate of drug-likeness (QED) is 0.540. The second kappa shape index (κ2) is 7.36. The second-order valence-corrected chi connectivity index (χ2v) is 5.37. The minimum atomic E-state index is -0.625. The van der Waals surface area contributed by atoms with Gasteiger partial charge in [-0.2, -0.15) is 0 Å². The van der Waals surface area contributed by atoms with Crippen LogP contribution >= 0.6 is 0 Å². The van der Waals surface area contributed by atoms with E-state index in [2.05, 4.69) is 5.32 Å². The molecule has 0 heterocycles. The number of hydrogen-bond acceptors (Lipinski definition) is 2. The molecule has 0 bridgehead atoms. The van der Waals surface area contributed by atoms with E-state index in [1.807, 2.05) is 13.8 Å². The van der Waals surface area contributed by atoms with Gasteiger partial charge in [-0.15, -0.1) is 0 Å². The summed E-state index contributed by atoms with van der Waals surface area (Å²) in [7, 11) is 0. The number of amides is 2. The van der Waals surface area contributed by atoms with Crippen LogP contribution in [0.3, 0.4) is 0 Å². The van der Waals surface area contributed by atoms with Crippen molar-refractivity contribution >= 4 is 11.9 Å². The molecule has 5 heteroatoms. The maximum Gasteiger partial charge on any atom is 0.318 e. The molecule has 0 aromatic heterocycles. The van der Waals surface area contributed by atoms with Crippen LogP contribution < -0.4 is 11.1 Å². The van der Waals surface area contributed by atoms with E-state index in [9.17, 15) is 4.79 Å². The summed E-state index contributed by atoms with van der Waals surface area (Å²) >= 11 is 0. The lowest BCUT2D eigenvalue weighted by molar-refractivity contribution is 0.190. The van der Waals surface area contributed by atoms with Gasteiger partial charge in [0.1, 0.15) is 5.84 Å². The molecule has 0 aromatic rings. The first-order valence-corrected chi connectivity index (χ1v) is 7.47. The van der Waals surface area contributed by atoms with Crippen molar-refractivity contribution in [3.8, 4) is 0 Å². The molecule has 0 aliphatic heterocycles. The monoisotopic (exact) mass is 268 g/mol. The standard InChI is InChI=1S/C14H28N4O/c1-3-18(4-2)13(19)17-14(12(15)16)10-8-6-5-7-9-11-14/h3-11H2,1-2H3,(H3,15,16)(H,17,19). The Morgan fingerprint density at radius 1 is 1.16 bits per heavy atom. The van der Waals surface area contributed by atoms with Crippen LogP contribution in [-0.4, -0.2) is 35.4 Å². The van der Waals surface area contributed by atoms with Crippen molar-refractivity contribution in [1.82, 2.24) is 10.2 Å². The van der Waals surface area contributed by atoms with Crippen LogP contribution in [0.4, 0.5) is 4.79 Å². The number of hydrogen-bond donors (Lipinski definition) is 3. The topological polar surface area (TPSA) is 82.2 Å². The smallest absolute Gasteiger partial charge is 0.318 e. The summed E-state index contributed by atoms with van der Waals surface area (Å²) in [6, 6.07) is -0.0965. The fourth-order valence-electron chi connectivity index (χ4n) is 2.77. The summed E-state index contributed by atoms with van der Waals surface area (Å²) < 4.78 is 0. The molecule has 1 aliphatic carbocycles. The zero-order valence-electron chi connectivity index (χ0n) is 12.3. The Labute approximate surface area is 116 Å². The van der Waals surface area contributed by atoms with E-state index in [-0.39, 0.29) is 11.9 Å². The van der Waals surface area contributed by atoms with Gasteiger partial charge in [0.25, 0.3) is 0 Å². The first kappa shape index (κ1) is 15.8. The summed E-state index contributed by atoms with van der Waals surface area (Å²) in [6.07, 6.45) is 7.20. The molecule has 0 aromatic carbocycles. The number of amidine groups is 1. The Kier molecular flexibility index (Phi) is 6.12. The third-order valence-corrected chi connectivity index (χ3v) is 4.12. The van der Waals surface area contributed by atoms with E-state index in [1.54, 1.807) is 4.90 Å². The Morgan fingerprint density at radius 3 is 2.05 bits per heavy atom. The third kappa shape index (κ3) is 4.11. The van der Waals surface area contributed by atoms with Gasteiger partial charge in [0, 0.05) is 13.1 Å². The molecule has 0 radical (unpaired) electrons. The average molecular weight is 268 g/mol. The first-order valence-electron chi connectivity index (χ1n) is 7.47. The summed E-state index contributed by atoms with van der Waals surface area (Å²) in [5, 5.41) is 10.9. The second-order valence-electron chi connectivity index (χ2n) is 5.37. The molecule has 5 nitrogen and oxygen atoms in total. The van der Waals surface area contributed by atoms with Crippen molar-refractivity contribution in [2.45, 2.75) is 64.3 Å². The van der Waals surface area contributed by atoms with Gasteiger partial charge in [0.2, 0.25) is 0 Å². The van der Waals surface area contributed by atoms with Crippen molar-refractivity contribution < 1.29 is 4.79 Å². The van der Waals surface area contributed by atoms with E-state index in [0.29, 0.717) is 13.1 Å². The van der Waals surface area contributed by atoms with Crippen molar-refractivity contribution in [2.75, 3.05) is 13.1 Å². The molecular formula is C14H28N4O. The van der Waals surface area contributed by atoms with Crippen LogP contribution in [0.15, 0.2) is 0 Å². The molecule has 0 atom stereocenters. The molecule has 0 spiro atoms. The Morgan fingerprint density at radius 2 is 1.63 bits per heavy atom. The number of nitrogens with zero attached hydrogens (tertiary/aromatic N) is 1. The van der Waals surface area contributed by atoms with Gasteiger partial charge < -0.3 is 16.0 Å². The van der Waals surface area contributed by atoms with Gasteiger partial charge in [-0.3, -0.25) is 5.41 Å². The molecule has 1 saturated carbocycles. The lowest BCUT2D eigenvalue weighted by Crippen LogP contribution is -2.60. The van der Waals surface area contributed by atoms with E-state index in [0.717, 1.165) is 38.5 Å². The van der Waals surface area contributed by atoms with Gasteiger partial charge in [-0.25, -0.2) is 4.79 Å². The number of urea groups is 1. The number of carbonyl (C=O) groups excluding carboxylic acids is 1. The van der Waals surface area contributed by atoms with Crippen LogP contribution in [0, 0.1) is 5.41 Å². The predicted molar refractivity (Wildman–Crippen MR) is 78.4 cm³/mol. The molecule has 1 fully saturated rings. The molecule has 1 rings (SSSR count). The molecule has 1 aliphatic rings. The van der Waals surface area contributed by atoms with Crippen LogP contribution in [-0.2, 0) is 0 Å². The molecule has 0 saturated heterocycles. The fraction of sp³-hybridized carbons (Fsp3) is 0.857. The van der Waals surface area contributed by atoms with Crippen molar-refractivity contribution in [3.05, 3.63) is 0 Å². The van der Waals surface area contributed by atoms with Crippen molar-refractivity contribution in [1.29, 1.82) is 5.41 Å². The van der Waals surface area contributed by atoms with Crippen LogP contribution in [0.1, 0.15) is 58.8 Å². The normalized spacial score (nSPS) is 19.1. The highest BCUT2D eigenvalue weighted by Gasteiger charge is 2.36. The fourth-order valence-corrected chi connectivity index (χ4v) is 2.77. The Balaban J connectivity index is 2.79. The van der Waals surface area contributed by atoms with E-state index in [1.165, 1.54) is 6.42 Å². The van der Waals surface area contributed by atoms with Gasteiger partial charge in [0.15, 0.2) is 0 Å². The molecule has 4 N–H and O–H groups in total. The molecule has 19 heavy (non-hydrogen) atoms. The summed E-state index contributed by atoms with van der Waals surface area (Å²) in [4.78, 5) is 14.0. The highest BCUT2D eigenvalue weighted by Crippen LogP contribution is 2.26. The average Bonchev–Trinajstić information content (AvgIpc) is 2.34. The molecule has 0 unspecified atom stereocenters. The predicted octanol–water partition coefficient (Wildman–Crippen LogP) is 2.46. The maximum absolute atomic E-state index is 12.2. The van der Waals surface area contributed by atoms with Gasteiger partial charge in [-0.1, -0.05) is 32.1 Å². The van der Waals surface area contributed by atoms with Gasteiger partial charge in [-0.05, 0) is 26.7 Å². The summed E-state index contributed by atoms with van der Waals surface area (Å²) in [5.74, 6) is 0.106. The Hall–Kier alpha value is -1.26. The minimum absolute atomic E-state index is 0.0965. The molecule has 2 amide bonds. The summed E-state index contributed by atoms with van der Waals surface area (Å²) in [5.41, 5.74) is 5.18. The lowest BCUT2D eigenvalue weighted by atomic mass is 9.83. The van der Waals surface area contributed by atoms with Gasteiger partial charge >= 0.3 is 6.03 Å². The maximum atomic E-state index is 12.2. The Bertz CT molecular complexity index is 305.